The number of carbonyl (C=O) groups excluding carboxylic acids is 3. The van der Waals surface area contributed by atoms with Crippen LogP contribution in [0, 0.1) is 12.8 Å². The van der Waals surface area contributed by atoms with E-state index < -0.39 is 0 Å². The largest absolute Gasteiger partial charge is 0.368 e. The first-order valence-corrected chi connectivity index (χ1v) is 12.9. The lowest BCUT2D eigenvalue weighted by atomic mass is 9.84. The third kappa shape index (κ3) is 6.36. The molecular weight excluding hydrogens is 454 g/mol. The van der Waals surface area contributed by atoms with Crippen LogP contribution in [0.4, 0.5) is 21.9 Å². The van der Waals surface area contributed by atoms with Crippen LogP contribution in [0.25, 0.3) is 0 Å². The summed E-state index contributed by atoms with van der Waals surface area (Å²) in [5.74, 6) is -0.0145. The van der Waals surface area contributed by atoms with E-state index in [0.717, 1.165) is 49.3 Å². The number of hydrogen-bond acceptors (Lipinski definition) is 4. The van der Waals surface area contributed by atoms with Crippen LogP contribution in [0.5, 0.6) is 0 Å². The fraction of sp³-hybridized carbons (Fsp3) is 0.464. The Morgan fingerprint density at radius 3 is 2.22 bits per heavy atom. The van der Waals surface area contributed by atoms with E-state index in [9.17, 15) is 14.4 Å². The molecule has 0 aromatic heterocycles. The predicted molar refractivity (Wildman–Crippen MR) is 143 cm³/mol. The third-order valence-electron chi connectivity index (χ3n) is 7.03. The molecule has 0 radical (unpaired) electrons. The van der Waals surface area contributed by atoms with Crippen LogP contribution in [0.15, 0.2) is 48.5 Å². The standard InChI is InChI=1S/C28H37N5O3/c1-20(2)33(27(35)22-7-5-8-22)19-26(34)29-23-10-12-25(13-11-23)31-14-16-32(17-15-31)28(36)30-24-9-4-6-21(3)18-24/h4,6,9-13,18,20,22H,5,7-8,14-17,19H2,1-3H3,(H,29,34)(H,30,36). The summed E-state index contributed by atoms with van der Waals surface area (Å²) >= 11 is 0. The van der Waals surface area contributed by atoms with Crippen LogP contribution in [-0.4, -0.2) is 66.4 Å². The Hall–Kier alpha value is -3.55. The van der Waals surface area contributed by atoms with Crippen LogP contribution in [0.3, 0.4) is 0 Å². The van der Waals surface area contributed by atoms with E-state index in [1.807, 2.05) is 74.2 Å². The Morgan fingerprint density at radius 1 is 0.944 bits per heavy atom. The van der Waals surface area contributed by atoms with Crippen molar-refractivity contribution in [3.05, 3.63) is 54.1 Å². The lowest BCUT2D eigenvalue weighted by molar-refractivity contribution is -0.142. The number of hydrogen-bond donors (Lipinski definition) is 2. The molecule has 2 aliphatic rings. The number of nitrogens with zero attached hydrogens (tertiary/aromatic N) is 3. The highest BCUT2D eigenvalue weighted by molar-refractivity contribution is 5.95. The molecule has 8 heteroatoms. The van der Waals surface area contributed by atoms with Gasteiger partial charge < -0.3 is 25.3 Å². The van der Waals surface area contributed by atoms with E-state index >= 15 is 0 Å². The van der Waals surface area contributed by atoms with Gasteiger partial charge in [-0.25, -0.2) is 4.79 Å². The van der Waals surface area contributed by atoms with Gasteiger partial charge in [-0.15, -0.1) is 0 Å². The summed E-state index contributed by atoms with van der Waals surface area (Å²) < 4.78 is 0. The number of benzene rings is 2. The van der Waals surface area contributed by atoms with Gasteiger partial charge in [0.25, 0.3) is 0 Å². The minimum Gasteiger partial charge on any atom is -0.368 e. The molecule has 2 fully saturated rings. The number of amides is 4. The minimum atomic E-state index is -0.183. The van der Waals surface area contributed by atoms with Crippen molar-refractivity contribution in [3.63, 3.8) is 0 Å². The summed E-state index contributed by atoms with van der Waals surface area (Å²) in [6.07, 6.45) is 2.95. The number of carbonyl (C=O) groups is 3. The molecular formula is C28H37N5O3. The number of nitrogens with one attached hydrogen (secondary N) is 2. The molecule has 0 bridgehead atoms. The van der Waals surface area contributed by atoms with Crippen LogP contribution in [-0.2, 0) is 9.59 Å². The smallest absolute Gasteiger partial charge is 0.321 e. The van der Waals surface area contributed by atoms with Crippen LogP contribution < -0.4 is 15.5 Å². The van der Waals surface area contributed by atoms with Crippen molar-refractivity contribution >= 4 is 34.9 Å². The number of aryl methyl sites for hydroxylation is 1. The lowest BCUT2D eigenvalue weighted by Gasteiger charge is -2.36. The Bertz CT molecular complexity index is 1070. The quantitative estimate of drug-likeness (QED) is 0.604. The highest BCUT2D eigenvalue weighted by Crippen LogP contribution is 2.29. The van der Waals surface area contributed by atoms with Gasteiger partial charge >= 0.3 is 6.03 Å². The SMILES string of the molecule is Cc1cccc(NC(=O)N2CCN(c3ccc(NC(=O)CN(C(=O)C4CCC4)C(C)C)cc3)CC2)c1. The van der Waals surface area contributed by atoms with Crippen LogP contribution in [0.2, 0.25) is 0 Å². The maximum absolute atomic E-state index is 12.7. The van der Waals surface area contributed by atoms with Gasteiger partial charge in [0.05, 0.1) is 0 Å². The zero-order chi connectivity index (χ0) is 25.7. The normalized spacial score (nSPS) is 15.9. The molecule has 1 aliphatic carbocycles. The maximum Gasteiger partial charge on any atom is 0.321 e. The number of piperazine rings is 1. The molecule has 2 aromatic carbocycles. The van der Waals surface area contributed by atoms with Gasteiger partial charge in [0.15, 0.2) is 0 Å². The first-order chi connectivity index (χ1) is 17.3. The fourth-order valence-electron chi connectivity index (χ4n) is 4.61. The van der Waals surface area contributed by atoms with Crippen LogP contribution in [0.1, 0.15) is 38.7 Å². The highest BCUT2D eigenvalue weighted by atomic mass is 16.2. The second-order valence-corrected chi connectivity index (χ2v) is 10.1. The average Bonchev–Trinajstić information content (AvgIpc) is 2.82. The van der Waals surface area contributed by atoms with Crippen molar-refractivity contribution in [1.82, 2.24) is 9.80 Å². The topological polar surface area (TPSA) is 85.0 Å². The van der Waals surface area contributed by atoms with Gasteiger partial charge in [0.1, 0.15) is 6.54 Å². The van der Waals surface area contributed by atoms with E-state index in [0.29, 0.717) is 18.8 Å². The maximum atomic E-state index is 12.7. The second kappa shape index (κ2) is 11.5. The molecule has 1 saturated heterocycles. The number of rotatable bonds is 7. The van der Waals surface area contributed by atoms with Crippen molar-refractivity contribution in [2.45, 2.75) is 46.1 Å². The van der Waals surface area contributed by atoms with E-state index in [-0.39, 0.29) is 36.3 Å². The number of anilines is 3. The van der Waals surface area contributed by atoms with E-state index in [2.05, 4.69) is 15.5 Å². The Labute approximate surface area is 213 Å². The molecule has 1 heterocycles. The predicted octanol–water partition coefficient (Wildman–Crippen LogP) is 4.32. The van der Waals surface area contributed by atoms with E-state index in [1.165, 1.54) is 0 Å². The molecule has 1 aliphatic heterocycles. The molecule has 36 heavy (non-hydrogen) atoms. The van der Waals surface area contributed by atoms with Gasteiger partial charge in [-0.2, -0.15) is 0 Å². The molecule has 8 nitrogen and oxygen atoms in total. The zero-order valence-electron chi connectivity index (χ0n) is 21.5. The molecule has 0 atom stereocenters. The summed E-state index contributed by atoms with van der Waals surface area (Å²) in [6.45, 7) is 8.71. The van der Waals surface area contributed by atoms with Crippen molar-refractivity contribution in [3.8, 4) is 0 Å². The van der Waals surface area contributed by atoms with E-state index in [1.54, 1.807) is 4.90 Å². The summed E-state index contributed by atoms with van der Waals surface area (Å²) in [5, 5.41) is 5.90. The second-order valence-electron chi connectivity index (χ2n) is 10.1. The molecule has 4 amide bonds. The Kier molecular flexibility index (Phi) is 8.13. The van der Waals surface area contributed by atoms with Gasteiger partial charge in [0.2, 0.25) is 11.8 Å². The highest BCUT2D eigenvalue weighted by Gasteiger charge is 2.31. The number of urea groups is 1. The Balaban J connectivity index is 1.25. The summed E-state index contributed by atoms with van der Waals surface area (Å²) in [7, 11) is 0. The molecule has 1 saturated carbocycles. The van der Waals surface area contributed by atoms with Crippen molar-refractivity contribution < 1.29 is 14.4 Å². The zero-order valence-corrected chi connectivity index (χ0v) is 21.5. The van der Waals surface area contributed by atoms with Gasteiger partial charge in [0, 0.05) is 55.2 Å². The molecule has 2 aromatic rings. The summed E-state index contributed by atoms with van der Waals surface area (Å²) in [5.41, 5.74) is 3.68. The van der Waals surface area contributed by atoms with Crippen molar-refractivity contribution in [1.29, 1.82) is 0 Å². The first-order valence-electron chi connectivity index (χ1n) is 12.9. The molecule has 0 spiro atoms. The molecule has 2 N–H and O–H groups in total. The van der Waals surface area contributed by atoms with Crippen molar-refractivity contribution in [2.24, 2.45) is 5.92 Å². The summed E-state index contributed by atoms with van der Waals surface area (Å²) in [4.78, 5) is 43.7. The molecule has 0 unspecified atom stereocenters. The van der Waals surface area contributed by atoms with E-state index in [4.69, 9.17) is 0 Å². The Morgan fingerprint density at radius 2 is 1.64 bits per heavy atom. The third-order valence-corrected chi connectivity index (χ3v) is 7.03. The van der Waals surface area contributed by atoms with Gasteiger partial charge in [-0.3, -0.25) is 9.59 Å². The van der Waals surface area contributed by atoms with Crippen molar-refractivity contribution in [2.75, 3.05) is 48.3 Å². The van der Waals surface area contributed by atoms with Gasteiger partial charge in [-0.1, -0.05) is 18.6 Å². The molecule has 4 rings (SSSR count). The monoisotopic (exact) mass is 491 g/mol. The lowest BCUT2D eigenvalue weighted by Crippen LogP contribution is -2.50. The minimum absolute atomic E-state index is 0.0104. The first kappa shape index (κ1) is 25.5. The van der Waals surface area contributed by atoms with Gasteiger partial charge in [-0.05, 0) is 75.6 Å². The fourth-order valence-corrected chi connectivity index (χ4v) is 4.61. The summed E-state index contributed by atoms with van der Waals surface area (Å²) in [6, 6.07) is 15.4. The average molecular weight is 492 g/mol. The molecule has 192 valence electrons. The van der Waals surface area contributed by atoms with Crippen LogP contribution >= 0.6 is 0 Å².